The van der Waals surface area contributed by atoms with Gasteiger partial charge in [-0.25, -0.2) is 9.18 Å². The minimum atomic E-state index is -5.08. The molecular formula is C24H24F4N2O5S. The minimum absolute atomic E-state index is 0.0516. The third kappa shape index (κ3) is 8.54. The summed E-state index contributed by atoms with van der Waals surface area (Å²) in [7, 11) is 1.55. The summed E-state index contributed by atoms with van der Waals surface area (Å²) in [5.41, 5.74) is 7.05. The van der Waals surface area contributed by atoms with Crippen LogP contribution in [-0.2, 0) is 17.9 Å². The van der Waals surface area contributed by atoms with E-state index >= 15 is 0 Å². The van der Waals surface area contributed by atoms with E-state index in [9.17, 15) is 22.4 Å². The second-order valence-corrected chi connectivity index (χ2v) is 8.11. The van der Waals surface area contributed by atoms with Gasteiger partial charge in [0.15, 0.2) is 11.5 Å². The minimum Gasteiger partial charge on any atom is -0.493 e. The zero-order chi connectivity index (χ0) is 26.7. The average molecular weight is 529 g/mol. The van der Waals surface area contributed by atoms with E-state index in [0.29, 0.717) is 41.6 Å². The number of amides is 1. The number of hydrogen-bond donors (Lipinski definition) is 2. The summed E-state index contributed by atoms with van der Waals surface area (Å²) in [6.07, 6.45) is -5.08. The van der Waals surface area contributed by atoms with Crippen LogP contribution < -0.4 is 15.2 Å². The third-order valence-corrected chi connectivity index (χ3v) is 5.46. The topological polar surface area (TPSA) is 102 Å². The molecule has 2 aromatic carbocycles. The van der Waals surface area contributed by atoms with Crippen molar-refractivity contribution in [2.45, 2.75) is 19.3 Å². The first-order chi connectivity index (χ1) is 17.1. The molecule has 12 heteroatoms. The molecule has 0 aliphatic rings. The molecule has 0 saturated heterocycles. The van der Waals surface area contributed by atoms with Gasteiger partial charge in [0, 0.05) is 25.2 Å². The van der Waals surface area contributed by atoms with Crippen LogP contribution in [0.1, 0.15) is 20.8 Å². The number of thiophene rings is 1. The number of benzene rings is 2. The number of halogens is 4. The first-order valence-electron chi connectivity index (χ1n) is 10.4. The maximum Gasteiger partial charge on any atom is 0.490 e. The summed E-state index contributed by atoms with van der Waals surface area (Å²) in [5.74, 6) is -2.09. The molecule has 0 atom stereocenters. The first-order valence-corrected chi connectivity index (χ1v) is 11.3. The number of ether oxygens (including phenoxy) is 2. The Hall–Kier alpha value is -3.64. The van der Waals surface area contributed by atoms with Gasteiger partial charge in [0.25, 0.3) is 5.91 Å². The smallest absolute Gasteiger partial charge is 0.490 e. The maximum absolute atomic E-state index is 13.8. The van der Waals surface area contributed by atoms with E-state index in [1.807, 2.05) is 23.6 Å². The van der Waals surface area contributed by atoms with E-state index in [1.54, 1.807) is 42.3 Å². The van der Waals surface area contributed by atoms with Crippen molar-refractivity contribution in [3.63, 3.8) is 0 Å². The lowest BCUT2D eigenvalue weighted by Crippen LogP contribution is -2.34. The molecule has 36 heavy (non-hydrogen) atoms. The monoisotopic (exact) mass is 528 g/mol. The summed E-state index contributed by atoms with van der Waals surface area (Å²) >= 11 is 1.40. The lowest BCUT2D eigenvalue weighted by atomic mass is 10.1. The summed E-state index contributed by atoms with van der Waals surface area (Å²) in [5, 5.41) is 9.00. The van der Waals surface area contributed by atoms with Crippen LogP contribution in [0.3, 0.4) is 0 Å². The van der Waals surface area contributed by atoms with Gasteiger partial charge < -0.3 is 25.2 Å². The van der Waals surface area contributed by atoms with Crippen molar-refractivity contribution in [3.8, 4) is 11.5 Å². The first kappa shape index (κ1) is 28.6. The van der Waals surface area contributed by atoms with Gasteiger partial charge in [0.05, 0.1) is 12.0 Å². The molecule has 0 aliphatic carbocycles. The number of methoxy groups -OCH3 is 1. The number of carboxylic acids is 1. The number of carbonyl (C=O) groups is 2. The van der Waals surface area contributed by atoms with Gasteiger partial charge in [-0.3, -0.25) is 4.79 Å². The van der Waals surface area contributed by atoms with Gasteiger partial charge in [-0.2, -0.15) is 13.2 Å². The summed E-state index contributed by atoms with van der Waals surface area (Å²) < 4.78 is 56.7. The molecular weight excluding hydrogens is 504 g/mol. The van der Waals surface area contributed by atoms with E-state index in [1.165, 1.54) is 17.4 Å². The fourth-order valence-corrected chi connectivity index (χ4v) is 3.58. The van der Waals surface area contributed by atoms with Gasteiger partial charge in [0.1, 0.15) is 12.4 Å². The predicted octanol–water partition coefficient (Wildman–Crippen LogP) is 4.71. The average Bonchev–Trinajstić information content (AvgIpc) is 3.38. The van der Waals surface area contributed by atoms with Crippen LogP contribution >= 0.6 is 11.3 Å². The highest BCUT2D eigenvalue weighted by Crippen LogP contribution is 2.30. The normalized spacial score (nSPS) is 10.7. The molecule has 0 unspecified atom stereocenters. The van der Waals surface area contributed by atoms with Gasteiger partial charge in [0.2, 0.25) is 0 Å². The molecule has 0 bridgehead atoms. The molecule has 3 N–H and O–H groups in total. The number of nitrogens with two attached hydrogens (primary N) is 1. The molecule has 0 saturated carbocycles. The highest BCUT2D eigenvalue weighted by atomic mass is 32.1. The fourth-order valence-electron chi connectivity index (χ4n) is 2.89. The van der Waals surface area contributed by atoms with Gasteiger partial charge in [-0.15, -0.1) is 11.3 Å². The second kappa shape index (κ2) is 13.4. The SMILES string of the molecule is COc1cc(CN(CCN)C(=O)c2cccs2)ccc1OCc1ccccc1F.O=C(O)C(F)(F)F. The van der Waals surface area contributed by atoms with E-state index in [-0.39, 0.29) is 18.3 Å². The zero-order valence-electron chi connectivity index (χ0n) is 19.1. The third-order valence-electron chi connectivity index (χ3n) is 4.60. The van der Waals surface area contributed by atoms with Crippen molar-refractivity contribution in [2.24, 2.45) is 5.73 Å². The Morgan fingerprint density at radius 1 is 1.08 bits per heavy atom. The Morgan fingerprint density at radius 2 is 1.78 bits per heavy atom. The van der Waals surface area contributed by atoms with Gasteiger partial charge in [-0.1, -0.05) is 30.3 Å². The van der Waals surface area contributed by atoms with Crippen LogP contribution in [0.4, 0.5) is 17.6 Å². The number of nitrogens with zero attached hydrogens (tertiary/aromatic N) is 1. The fraction of sp³-hybridized carbons (Fsp3) is 0.250. The van der Waals surface area contributed by atoms with Crippen molar-refractivity contribution in [1.82, 2.24) is 4.90 Å². The number of carboxylic acid groups (broad SMARTS) is 1. The van der Waals surface area contributed by atoms with Crippen molar-refractivity contribution in [3.05, 3.63) is 81.8 Å². The van der Waals surface area contributed by atoms with Crippen LogP contribution in [0.5, 0.6) is 11.5 Å². The molecule has 0 fully saturated rings. The lowest BCUT2D eigenvalue weighted by Gasteiger charge is -2.22. The molecule has 1 amide bonds. The standard InChI is InChI=1S/C22H23FN2O3S.C2HF3O2/c1-27-20-13-16(14-25(11-10-24)22(26)21-7-4-12-29-21)8-9-19(20)28-15-17-5-2-3-6-18(17)23;3-2(4,5)1(6)7/h2-9,12-13H,10-11,14-15,24H2,1H3;(H,6,7). The predicted molar refractivity (Wildman–Crippen MR) is 126 cm³/mol. The summed E-state index contributed by atoms with van der Waals surface area (Å²) in [6.45, 7) is 1.32. The molecule has 3 rings (SSSR count). The van der Waals surface area contributed by atoms with E-state index in [2.05, 4.69) is 0 Å². The van der Waals surface area contributed by atoms with Crippen LogP contribution in [-0.4, -0.2) is 48.3 Å². The molecule has 3 aromatic rings. The van der Waals surface area contributed by atoms with E-state index in [0.717, 1.165) is 5.56 Å². The van der Waals surface area contributed by atoms with E-state index in [4.69, 9.17) is 25.1 Å². The maximum atomic E-state index is 13.8. The molecule has 7 nitrogen and oxygen atoms in total. The number of hydrogen-bond acceptors (Lipinski definition) is 6. The van der Waals surface area contributed by atoms with Crippen molar-refractivity contribution in [1.29, 1.82) is 0 Å². The van der Waals surface area contributed by atoms with Crippen LogP contribution in [0.15, 0.2) is 60.0 Å². The molecule has 1 heterocycles. The summed E-state index contributed by atoms with van der Waals surface area (Å²) in [4.78, 5) is 24.0. The Balaban J connectivity index is 0.000000572. The quantitative estimate of drug-likeness (QED) is 0.390. The van der Waals surface area contributed by atoms with Gasteiger partial charge in [-0.05, 0) is 35.2 Å². The Morgan fingerprint density at radius 3 is 2.33 bits per heavy atom. The van der Waals surface area contributed by atoms with Crippen LogP contribution in [0.2, 0.25) is 0 Å². The highest BCUT2D eigenvalue weighted by molar-refractivity contribution is 7.12. The van der Waals surface area contributed by atoms with Gasteiger partial charge >= 0.3 is 12.1 Å². The molecule has 194 valence electrons. The Labute approximate surface area is 208 Å². The molecule has 0 spiro atoms. The van der Waals surface area contributed by atoms with Crippen LogP contribution in [0.25, 0.3) is 0 Å². The number of rotatable bonds is 9. The number of aliphatic carboxylic acids is 1. The highest BCUT2D eigenvalue weighted by Gasteiger charge is 2.38. The number of alkyl halides is 3. The number of carbonyl (C=O) groups excluding carboxylic acids is 1. The zero-order valence-corrected chi connectivity index (χ0v) is 19.9. The largest absolute Gasteiger partial charge is 0.493 e. The molecule has 1 aromatic heterocycles. The summed E-state index contributed by atoms with van der Waals surface area (Å²) in [6, 6.07) is 15.6. The van der Waals surface area contributed by atoms with E-state index < -0.39 is 12.1 Å². The van der Waals surface area contributed by atoms with Crippen molar-refractivity contribution >= 4 is 23.2 Å². The Bertz CT molecular complexity index is 1140. The van der Waals surface area contributed by atoms with Crippen molar-refractivity contribution in [2.75, 3.05) is 20.2 Å². The lowest BCUT2D eigenvalue weighted by molar-refractivity contribution is -0.192. The van der Waals surface area contributed by atoms with Crippen LogP contribution in [0, 0.1) is 5.82 Å². The molecule has 0 radical (unpaired) electrons. The molecule has 0 aliphatic heterocycles. The second-order valence-electron chi connectivity index (χ2n) is 7.16. The Kier molecular flexibility index (Phi) is 10.7. The van der Waals surface area contributed by atoms with Crippen molar-refractivity contribution < 1.29 is 41.7 Å².